The minimum absolute atomic E-state index is 0.290. The van der Waals surface area contributed by atoms with Gasteiger partial charge in [0.05, 0.1) is 10.5 Å². The predicted octanol–water partition coefficient (Wildman–Crippen LogP) is 2.96. The van der Waals surface area contributed by atoms with Crippen molar-refractivity contribution in [1.29, 1.82) is 0 Å². The molecule has 2 amide bonds. The highest BCUT2D eigenvalue weighted by Crippen LogP contribution is 2.16. The summed E-state index contributed by atoms with van der Waals surface area (Å²) in [5.74, 6) is 0. The Labute approximate surface area is 119 Å². The van der Waals surface area contributed by atoms with E-state index in [0.717, 1.165) is 11.3 Å². The van der Waals surface area contributed by atoms with Crippen LogP contribution < -0.4 is 16.4 Å². The van der Waals surface area contributed by atoms with Crippen molar-refractivity contribution in [3.8, 4) is 0 Å². The number of urea groups is 1. The lowest BCUT2D eigenvalue weighted by molar-refractivity contribution is 0.243. The molecule has 0 aliphatic carbocycles. The van der Waals surface area contributed by atoms with Crippen LogP contribution in [-0.4, -0.2) is 16.6 Å². The van der Waals surface area contributed by atoms with Gasteiger partial charge in [-0.25, -0.2) is 4.79 Å². The molecule has 0 bridgehead atoms. The third kappa shape index (κ3) is 3.92. The average molecular weight is 279 g/mol. The molecule has 0 radical (unpaired) electrons. The Morgan fingerprint density at radius 2 is 2.00 bits per heavy atom. The van der Waals surface area contributed by atoms with Crippen molar-refractivity contribution in [3.63, 3.8) is 0 Å². The van der Waals surface area contributed by atoms with Gasteiger partial charge in [-0.15, -0.1) is 0 Å². The number of carbonyl (C=O) groups excluding carboxylic acids is 1. The number of aryl methyl sites for hydroxylation is 1. The van der Waals surface area contributed by atoms with E-state index in [2.05, 4.69) is 10.6 Å². The molecule has 5 heteroatoms. The van der Waals surface area contributed by atoms with Crippen molar-refractivity contribution in [1.82, 2.24) is 5.32 Å². The maximum Gasteiger partial charge on any atom is 0.320 e. The van der Waals surface area contributed by atoms with Crippen LogP contribution in [0.5, 0.6) is 0 Å². The molecular formula is C14H21N3OS. The van der Waals surface area contributed by atoms with Gasteiger partial charge in [0.1, 0.15) is 0 Å². The summed E-state index contributed by atoms with van der Waals surface area (Å²) in [5.41, 5.74) is 6.96. The summed E-state index contributed by atoms with van der Waals surface area (Å²) in [5, 5.41) is 5.68. The standard InChI is InChI=1S/C14H21N3OS/c1-4-14(5-2,12(15)19)17-13(18)16-11-8-6-7-10(3)9-11/h6-9H,4-5H2,1-3H3,(H2,15,19)(H2,16,17,18). The topological polar surface area (TPSA) is 67.2 Å². The fourth-order valence-corrected chi connectivity index (χ4v) is 2.28. The first-order valence-corrected chi connectivity index (χ1v) is 6.80. The minimum Gasteiger partial charge on any atom is -0.391 e. The SMILES string of the molecule is CCC(CC)(NC(=O)Nc1cccc(C)c1)C(N)=S. The number of hydrogen-bond donors (Lipinski definition) is 3. The largest absolute Gasteiger partial charge is 0.391 e. The second-order valence-corrected chi connectivity index (χ2v) is 5.04. The molecule has 0 aliphatic rings. The van der Waals surface area contributed by atoms with Crippen LogP contribution in [0.15, 0.2) is 24.3 Å². The maximum absolute atomic E-state index is 12.0. The summed E-state index contributed by atoms with van der Waals surface area (Å²) < 4.78 is 0. The molecule has 0 saturated carbocycles. The fraction of sp³-hybridized carbons (Fsp3) is 0.429. The van der Waals surface area contributed by atoms with Crippen LogP contribution in [-0.2, 0) is 0 Å². The van der Waals surface area contributed by atoms with E-state index < -0.39 is 5.54 Å². The lowest BCUT2D eigenvalue weighted by Gasteiger charge is -2.31. The Morgan fingerprint density at radius 3 is 2.47 bits per heavy atom. The molecule has 0 fully saturated rings. The molecule has 1 rings (SSSR count). The number of carbonyl (C=O) groups is 1. The van der Waals surface area contributed by atoms with E-state index in [1.807, 2.05) is 45.0 Å². The number of anilines is 1. The second-order valence-electron chi connectivity index (χ2n) is 4.60. The molecule has 4 nitrogen and oxygen atoms in total. The number of thiocarbonyl (C=S) groups is 1. The van der Waals surface area contributed by atoms with Gasteiger partial charge in [0.15, 0.2) is 0 Å². The second kappa shape index (κ2) is 6.52. The summed E-state index contributed by atoms with van der Waals surface area (Å²) in [7, 11) is 0. The number of rotatable bonds is 5. The Hall–Kier alpha value is -1.62. The molecule has 0 spiro atoms. The van der Waals surface area contributed by atoms with Gasteiger partial charge in [0, 0.05) is 5.69 Å². The van der Waals surface area contributed by atoms with E-state index in [-0.39, 0.29) is 6.03 Å². The van der Waals surface area contributed by atoms with Crippen molar-refractivity contribution >= 4 is 28.9 Å². The van der Waals surface area contributed by atoms with Crippen molar-refractivity contribution in [3.05, 3.63) is 29.8 Å². The Bertz CT molecular complexity index is 470. The van der Waals surface area contributed by atoms with Gasteiger partial charge >= 0.3 is 6.03 Å². The summed E-state index contributed by atoms with van der Waals surface area (Å²) in [6, 6.07) is 7.32. The van der Waals surface area contributed by atoms with Crippen LogP contribution in [0, 0.1) is 6.92 Å². The first kappa shape index (κ1) is 15.4. The van der Waals surface area contributed by atoms with Crippen molar-refractivity contribution in [2.45, 2.75) is 39.2 Å². The molecule has 19 heavy (non-hydrogen) atoms. The molecule has 1 aromatic rings. The van der Waals surface area contributed by atoms with E-state index in [9.17, 15) is 4.79 Å². The number of amides is 2. The average Bonchev–Trinajstić information content (AvgIpc) is 2.35. The molecular weight excluding hydrogens is 258 g/mol. The zero-order valence-corrected chi connectivity index (χ0v) is 12.4. The first-order valence-electron chi connectivity index (χ1n) is 6.39. The molecule has 4 N–H and O–H groups in total. The van der Waals surface area contributed by atoms with E-state index in [1.165, 1.54) is 0 Å². The van der Waals surface area contributed by atoms with Gasteiger partial charge in [-0.1, -0.05) is 38.2 Å². The summed E-state index contributed by atoms with van der Waals surface area (Å²) >= 11 is 5.07. The number of nitrogens with one attached hydrogen (secondary N) is 2. The fourth-order valence-electron chi connectivity index (χ4n) is 1.94. The van der Waals surface area contributed by atoms with E-state index in [0.29, 0.717) is 17.8 Å². The molecule has 0 saturated heterocycles. The third-order valence-electron chi connectivity index (χ3n) is 3.31. The maximum atomic E-state index is 12.0. The Kier molecular flexibility index (Phi) is 5.30. The summed E-state index contributed by atoms with van der Waals surface area (Å²) in [6.45, 7) is 5.88. The number of benzene rings is 1. The summed E-state index contributed by atoms with van der Waals surface area (Å²) in [4.78, 5) is 12.3. The van der Waals surface area contributed by atoms with E-state index in [1.54, 1.807) is 0 Å². The van der Waals surface area contributed by atoms with Gasteiger partial charge in [0.2, 0.25) is 0 Å². The Balaban J connectivity index is 2.76. The highest BCUT2D eigenvalue weighted by molar-refractivity contribution is 7.80. The summed E-state index contributed by atoms with van der Waals surface area (Å²) in [6.07, 6.45) is 1.33. The Morgan fingerprint density at radius 1 is 1.37 bits per heavy atom. The molecule has 0 unspecified atom stereocenters. The van der Waals surface area contributed by atoms with Crippen LogP contribution in [0.3, 0.4) is 0 Å². The zero-order valence-electron chi connectivity index (χ0n) is 11.6. The van der Waals surface area contributed by atoms with Crippen LogP contribution in [0.2, 0.25) is 0 Å². The minimum atomic E-state index is -0.622. The highest BCUT2D eigenvalue weighted by atomic mass is 32.1. The van der Waals surface area contributed by atoms with Crippen LogP contribution in [0.25, 0.3) is 0 Å². The molecule has 0 heterocycles. The normalized spacial score (nSPS) is 10.9. The van der Waals surface area contributed by atoms with Crippen LogP contribution in [0.1, 0.15) is 32.3 Å². The van der Waals surface area contributed by atoms with E-state index >= 15 is 0 Å². The molecule has 0 aliphatic heterocycles. The van der Waals surface area contributed by atoms with Gasteiger partial charge in [-0.3, -0.25) is 0 Å². The van der Waals surface area contributed by atoms with Crippen LogP contribution >= 0.6 is 12.2 Å². The van der Waals surface area contributed by atoms with Gasteiger partial charge in [-0.2, -0.15) is 0 Å². The quantitative estimate of drug-likeness (QED) is 0.726. The highest BCUT2D eigenvalue weighted by Gasteiger charge is 2.31. The number of nitrogens with two attached hydrogens (primary N) is 1. The zero-order chi connectivity index (χ0) is 14.5. The molecule has 1 aromatic carbocycles. The number of hydrogen-bond acceptors (Lipinski definition) is 2. The van der Waals surface area contributed by atoms with Crippen molar-refractivity contribution in [2.24, 2.45) is 5.73 Å². The first-order chi connectivity index (χ1) is 8.93. The van der Waals surface area contributed by atoms with Gasteiger partial charge < -0.3 is 16.4 Å². The van der Waals surface area contributed by atoms with Gasteiger partial charge in [0.25, 0.3) is 0 Å². The lowest BCUT2D eigenvalue weighted by Crippen LogP contribution is -2.57. The molecule has 0 atom stereocenters. The lowest BCUT2D eigenvalue weighted by atomic mass is 9.93. The van der Waals surface area contributed by atoms with Crippen LogP contribution in [0.4, 0.5) is 10.5 Å². The molecule has 104 valence electrons. The smallest absolute Gasteiger partial charge is 0.320 e. The van der Waals surface area contributed by atoms with Crippen molar-refractivity contribution < 1.29 is 4.79 Å². The third-order valence-corrected chi connectivity index (χ3v) is 3.70. The molecule has 0 aromatic heterocycles. The van der Waals surface area contributed by atoms with E-state index in [4.69, 9.17) is 18.0 Å². The van der Waals surface area contributed by atoms with Crippen molar-refractivity contribution in [2.75, 3.05) is 5.32 Å². The van der Waals surface area contributed by atoms with Gasteiger partial charge in [-0.05, 0) is 37.5 Å². The monoisotopic (exact) mass is 279 g/mol. The predicted molar refractivity (Wildman–Crippen MR) is 83.4 cm³/mol.